The van der Waals surface area contributed by atoms with Crippen molar-refractivity contribution in [3.63, 3.8) is 0 Å². The molecule has 2 heterocycles. The van der Waals surface area contributed by atoms with Crippen molar-refractivity contribution >= 4 is 21.9 Å². The number of fused-ring (bicyclic) bond motifs is 3. The molecule has 2 heteroatoms. The molecule has 5 rings (SSSR count). The van der Waals surface area contributed by atoms with Gasteiger partial charge in [-0.25, -0.2) is 0 Å². The zero-order valence-electron chi connectivity index (χ0n) is 18.6. The van der Waals surface area contributed by atoms with Crippen LogP contribution < -0.4 is 0 Å². The first-order valence-corrected chi connectivity index (χ1v) is 10.8. The molecule has 0 atom stereocenters. The van der Waals surface area contributed by atoms with Crippen LogP contribution >= 0.6 is 0 Å². The first-order valence-electron chi connectivity index (χ1n) is 10.8. The monoisotopic (exact) mass is 405 g/mol. The summed E-state index contributed by atoms with van der Waals surface area (Å²) in [7, 11) is 0. The number of aryl methyl sites for hydroxylation is 1. The predicted molar refractivity (Wildman–Crippen MR) is 130 cm³/mol. The number of hydrogen-bond donors (Lipinski definition) is 0. The molecule has 0 saturated heterocycles. The topological polar surface area (TPSA) is 26.0 Å². The van der Waals surface area contributed by atoms with E-state index < -0.39 is 0 Å². The highest BCUT2D eigenvalue weighted by molar-refractivity contribution is 6.07. The number of hydrogen-bond acceptors (Lipinski definition) is 2. The smallest absolute Gasteiger partial charge is 0.136 e. The van der Waals surface area contributed by atoms with E-state index in [2.05, 4.69) is 94.4 Å². The second kappa shape index (κ2) is 7.39. The summed E-state index contributed by atoms with van der Waals surface area (Å²) in [5.74, 6) is 0. The molecule has 0 aliphatic carbocycles. The van der Waals surface area contributed by atoms with E-state index in [0.29, 0.717) is 0 Å². The van der Waals surface area contributed by atoms with Crippen molar-refractivity contribution < 1.29 is 4.42 Å². The van der Waals surface area contributed by atoms with Crippen molar-refractivity contribution in [2.45, 2.75) is 34.1 Å². The molecule has 2 nitrogen and oxygen atoms in total. The average Bonchev–Trinajstić information content (AvgIpc) is 3.12. The van der Waals surface area contributed by atoms with Crippen molar-refractivity contribution in [2.24, 2.45) is 5.41 Å². The van der Waals surface area contributed by atoms with Gasteiger partial charge in [-0.2, -0.15) is 0 Å². The fourth-order valence-electron chi connectivity index (χ4n) is 4.23. The maximum atomic E-state index is 6.21. The quantitative estimate of drug-likeness (QED) is 0.302. The predicted octanol–water partition coefficient (Wildman–Crippen LogP) is 8.21. The molecule has 0 N–H and O–H groups in total. The Bertz CT molecular complexity index is 1390. The Balaban J connectivity index is 1.58. The highest BCUT2D eigenvalue weighted by atomic mass is 16.3. The summed E-state index contributed by atoms with van der Waals surface area (Å²) in [6.45, 7) is 8.97. The summed E-state index contributed by atoms with van der Waals surface area (Å²) in [6.07, 6.45) is 3.02. The van der Waals surface area contributed by atoms with Crippen LogP contribution in [0.3, 0.4) is 0 Å². The van der Waals surface area contributed by atoms with Gasteiger partial charge in [0.2, 0.25) is 0 Å². The molecular weight excluding hydrogens is 378 g/mol. The van der Waals surface area contributed by atoms with E-state index in [1.165, 1.54) is 22.3 Å². The third kappa shape index (κ3) is 3.86. The lowest BCUT2D eigenvalue weighted by Gasteiger charge is -2.20. The first-order chi connectivity index (χ1) is 14.9. The van der Waals surface area contributed by atoms with Gasteiger partial charge in [0.05, 0.1) is 5.69 Å². The van der Waals surface area contributed by atoms with Crippen LogP contribution in [0.15, 0.2) is 83.4 Å². The normalized spacial score (nSPS) is 12.0. The lowest BCUT2D eigenvalue weighted by atomic mass is 9.86. The van der Waals surface area contributed by atoms with E-state index in [9.17, 15) is 0 Å². The van der Waals surface area contributed by atoms with Gasteiger partial charge in [0.15, 0.2) is 0 Å². The Labute approximate surface area is 183 Å². The summed E-state index contributed by atoms with van der Waals surface area (Å²) < 4.78 is 6.21. The summed E-state index contributed by atoms with van der Waals surface area (Å²) in [4.78, 5) is 4.71. The molecule has 2 aromatic heterocycles. The number of aromatic nitrogens is 1. The highest BCUT2D eigenvalue weighted by Crippen LogP contribution is 2.35. The van der Waals surface area contributed by atoms with Crippen LogP contribution in [-0.4, -0.2) is 4.98 Å². The molecule has 31 heavy (non-hydrogen) atoms. The fraction of sp³-hybridized carbons (Fsp3) is 0.207. The van der Waals surface area contributed by atoms with Gasteiger partial charge in [-0.05, 0) is 71.3 Å². The minimum absolute atomic E-state index is 0.239. The van der Waals surface area contributed by atoms with E-state index in [4.69, 9.17) is 9.40 Å². The van der Waals surface area contributed by atoms with E-state index in [1.54, 1.807) is 0 Å². The fourth-order valence-corrected chi connectivity index (χ4v) is 4.23. The van der Waals surface area contributed by atoms with Crippen molar-refractivity contribution in [2.75, 3.05) is 0 Å². The van der Waals surface area contributed by atoms with Gasteiger partial charge in [0.1, 0.15) is 11.2 Å². The van der Waals surface area contributed by atoms with Crippen LogP contribution in [0, 0.1) is 12.3 Å². The summed E-state index contributed by atoms with van der Waals surface area (Å²) in [5.41, 5.74) is 9.16. The minimum Gasteiger partial charge on any atom is -0.456 e. The van der Waals surface area contributed by atoms with E-state index in [-0.39, 0.29) is 5.41 Å². The molecule has 3 aromatic carbocycles. The van der Waals surface area contributed by atoms with Crippen LogP contribution in [0.1, 0.15) is 31.9 Å². The van der Waals surface area contributed by atoms with Crippen LogP contribution in [-0.2, 0) is 6.42 Å². The Morgan fingerprint density at radius 1 is 0.742 bits per heavy atom. The molecule has 0 saturated carbocycles. The molecule has 0 amide bonds. The molecule has 0 bridgehead atoms. The minimum atomic E-state index is 0.239. The first kappa shape index (κ1) is 19.6. The van der Waals surface area contributed by atoms with E-state index in [1.807, 2.05) is 12.3 Å². The molecule has 0 spiro atoms. The van der Waals surface area contributed by atoms with Crippen LogP contribution in [0.5, 0.6) is 0 Å². The number of nitrogens with zero attached hydrogens (tertiary/aromatic N) is 1. The van der Waals surface area contributed by atoms with Crippen molar-refractivity contribution in [3.05, 3.63) is 90.1 Å². The summed E-state index contributed by atoms with van der Waals surface area (Å²) in [6, 6.07) is 25.6. The highest BCUT2D eigenvalue weighted by Gasteiger charge is 2.15. The second-order valence-electron chi connectivity index (χ2n) is 9.62. The van der Waals surface area contributed by atoms with Gasteiger partial charge in [0, 0.05) is 22.5 Å². The maximum Gasteiger partial charge on any atom is 0.136 e. The third-order valence-corrected chi connectivity index (χ3v) is 5.81. The molecule has 0 aliphatic heterocycles. The lowest BCUT2D eigenvalue weighted by molar-refractivity contribution is 0.410. The largest absolute Gasteiger partial charge is 0.456 e. The zero-order chi connectivity index (χ0) is 21.6. The SMILES string of the molecule is Cc1cnc(-c2ccc3c(c2)oc2ccc(-c4ccccc4)cc23)cc1CC(C)(C)C. The second-order valence-corrected chi connectivity index (χ2v) is 9.62. The molecular formula is C29H27NO. The third-order valence-electron chi connectivity index (χ3n) is 5.81. The number of benzene rings is 3. The average molecular weight is 406 g/mol. The van der Waals surface area contributed by atoms with Crippen molar-refractivity contribution in [3.8, 4) is 22.4 Å². The lowest BCUT2D eigenvalue weighted by Crippen LogP contribution is -2.10. The molecule has 0 aliphatic rings. The van der Waals surface area contributed by atoms with Crippen molar-refractivity contribution in [1.82, 2.24) is 4.98 Å². The van der Waals surface area contributed by atoms with Crippen LogP contribution in [0.2, 0.25) is 0 Å². The van der Waals surface area contributed by atoms with Gasteiger partial charge in [-0.3, -0.25) is 4.98 Å². The van der Waals surface area contributed by atoms with Crippen molar-refractivity contribution in [1.29, 1.82) is 0 Å². The molecule has 0 unspecified atom stereocenters. The Morgan fingerprint density at radius 3 is 2.29 bits per heavy atom. The summed E-state index contributed by atoms with van der Waals surface area (Å²) >= 11 is 0. The molecule has 0 fully saturated rings. The Kier molecular flexibility index (Phi) is 4.66. The van der Waals surface area contributed by atoms with Gasteiger partial charge in [-0.1, -0.05) is 63.2 Å². The Morgan fingerprint density at radius 2 is 1.52 bits per heavy atom. The maximum absolute atomic E-state index is 6.21. The molecule has 5 aromatic rings. The van der Waals surface area contributed by atoms with Crippen LogP contribution in [0.25, 0.3) is 44.3 Å². The standard InChI is InChI=1S/C29H27NO/c1-19-18-30-26(15-23(19)17-29(2,3)4)22-10-12-24-25-14-21(20-8-6-5-7-9-20)11-13-27(25)31-28(24)16-22/h5-16,18H,17H2,1-4H3. The number of pyridine rings is 1. The van der Waals surface area contributed by atoms with Crippen LogP contribution in [0.4, 0.5) is 0 Å². The molecule has 0 radical (unpaired) electrons. The van der Waals surface area contributed by atoms with Gasteiger partial charge in [0.25, 0.3) is 0 Å². The van der Waals surface area contributed by atoms with Gasteiger partial charge in [-0.15, -0.1) is 0 Å². The number of furan rings is 1. The van der Waals surface area contributed by atoms with E-state index >= 15 is 0 Å². The van der Waals surface area contributed by atoms with Gasteiger partial charge >= 0.3 is 0 Å². The van der Waals surface area contributed by atoms with E-state index in [0.717, 1.165) is 39.6 Å². The summed E-state index contributed by atoms with van der Waals surface area (Å²) in [5, 5.41) is 2.28. The van der Waals surface area contributed by atoms with Gasteiger partial charge < -0.3 is 4.42 Å². The molecule has 154 valence electrons. The Hall–Kier alpha value is -3.39. The number of rotatable bonds is 3. The zero-order valence-corrected chi connectivity index (χ0v) is 18.6.